The van der Waals surface area contributed by atoms with Crippen LogP contribution >= 0.6 is 0 Å². The minimum atomic E-state index is -0.391. The van der Waals surface area contributed by atoms with Gasteiger partial charge in [0.1, 0.15) is 13.2 Å². The molecule has 1 aromatic carbocycles. The number of carbonyl (C=O) groups excluding carboxylic acids is 1. The second-order valence-corrected chi connectivity index (χ2v) is 7.98. The minimum absolute atomic E-state index is 0.144. The van der Waals surface area contributed by atoms with Gasteiger partial charge in [0.15, 0.2) is 11.9 Å². The fourth-order valence-corrected chi connectivity index (χ4v) is 4.65. The molecule has 7 nitrogen and oxygen atoms in total. The van der Waals surface area contributed by atoms with Crippen LogP contribution in [0.15, 0.2) is 42.6 Å². The standard InChI is InChI=1S/C22H25N3O4/c26-13-21(27)25-12-17-7-8-18(25)11-24(17)10-15-3-5-16(6-4-15)20-14-28-19-2-1-9-23-22(19)29-20/h1-6,9,17-18,20,26H,7-8,10-14H2/t17?,18?,20-/m1/s1. The van der Waals surface area contributed by atoms with Crippen molar-refractivity contribution in [2.75, 3.05) is 26.3 Å². The first-order valence-electron chi connectivity index (χ1n) is 10.2. The Morgan fingerprint density at radius 3 is 2.72 bits per heavy atom. The molecule has 7 heteroatoms. The maximum Gasteiger partial charge on any atom is 0.257 e. The van der Waals surface area contributed by atoms with E-state index in [-0.39, 0.29) is 18.1 Å². The molecular formula is C22H25N3O4. The lowest BCUT2D eigenvalue weighted by Gasteiger charge is -2.51. The molecule has 5 heterocycles. The van der Waals surface area contributed by atoms with Gasteiger partial charge in [-0.2, -0.15) is 0 Å². The highest BCUT2D eigenvalue weighted by Crippen LogP contribution is 2.34. The normalized spacial score (nSPS) is 25.8. The fraction of sp³-hybridized carbons (Fsp3) is 0.455. The van der Waals surface area contributed by atoms with Gasteiger partial charge in [-0.15, -0.1) is 0 Å². The van der Waals surface area contributed by atoms with Crippen LogP contribution < -0.4 is 9.47 Å². The zero-order chi connectivity index (χ0) is 19.8. The molecule has 152 valence electrons. The van der Waals surface area contributed by atoms with Gasteiger partial charge in [-0.05, 0) is 36.1 Å². The number of hydrogen-bond donors (Lipinski definition) is 1. The van der Waals surface area contributed by atoms with E-state index in [1.807, 2.05) is 17.0 Å². The van der Waals surface area contributed by atoms with Crippen LogP contribution in [0.2, 0.25) is 0 Å². The Kier molecular flexibility index (Phi) is 4.85. The van der Waals surface area contributed by atoms with E-state index in [0.717, 1.165) is 38.0 Å². The number of nitrogens with zero attached hydrogens (tertiary/aromatic N) is 3. The first-order chi connectivity index (χ1) is 14.2. The number of carbonyl (C=O) groups is 1. The Balaban J connectivity index is 1.23. The van der Waals surface area contributed by atoms with Crippen LogP contribution in [0.3, 0.4) is 0 Å². The summed E-state index contributed by atoms with van der Waals surface area (Å²) in [5.41, 5.74) is 2.32. The molecule has 1 N–H and O–H groups in total. The van der Waals surface area contributed by atoms with Crippen LogP contribution in [0.1, 0.15) is 30.1 Å². The van der Waals surface area contributed by atoms with E-state index in [1.165, 1.54) is 5.56 Å². The van der Waals surface area contributed by atoms with Crippen molar-refractivity contribution in [2.45, 2.75) is 37.6 Å². The average molecular weight is 395 g/mol. The molecule has 2 unspecified atom stereocenters. The molecule has 3 fully saturated rings. The number of hydrogen-bond acceptors (Lipinski definition) is 6. The first-order valence-corrected chi connectivity index (χ1v) is 10.2. The van der Waals surface area contributed by atoms with Crippen molar-refractivity contribution in [1.82, 2.24) is 14.8 Å². The van der Waals surface area contributed by atoms with Gasteiger partial charge in [0, 0.05) is 37.9 Å². The van der Waals surface area contributed by atoms with Crippen molar-refractivity contribution in [3.05, 3.63) is 53.7 Å². The SMILES string of the molecule is O=C(CO)N1CC2CCC1CN2Cc1ccc([C@H]2COc3cccnc3O2)cc1. The van der Waals surface area contributed by atoms with Crippen LogP contribution in [0.5, 0.6) is 11.6 Å². The van der Waals surface area contributed by atoms with Crippen molar-refractivity contribution in [1.29, 1.82) is 0 Å². The molecule has 0 saturated carbocycles. The Hall–Kier alpha value is -2.64. The minimum Gasteiger partial charge on any atom is -0.484 e. The molecule has 0 radical (unpaired) electrons. The third-order valence-corrected chi connectivity index (χ3v) is 6.22. The van der Waals surface area contributed by atoms with Crippen molar-refractivity contribution >= 4 is 5.91 Å². The number of piperidine rings is 2. The predicted molar refractivity (Wildman–Crippen MR) is 106 cm³/mol. The molecule has 4 aliphatic rings. The Morgan fingerprint density at radius 2 is 1.97 bits per heavy atom. The number of piperazine rings is 1. The van der Waals surface area contributed by atoms with E-state index in [1.54, 1.807) is 6.20 Å². The zero-order valence-electron chi connectivity index (χ0n) is 16.2. The highest BCUT2D eigenvalue weighted by atomic mass is 16.6. The van der Waals surface area contributed by atoms with Gasteiger partial charge in [0.05, 0.1) is 0 Å². The monoisotopic (exact) mass is 395 g/mol. The van der Waals surface area contributed by atoms with E-state index in [9.17, 15) is 9.90 Å². The maximum atomic E-state index is 11.9. The van der Waals surface area contributed by atoms with Crippen molar-refractivity contribution in [3.63, 3.8) is 0 Å². The van der Waals surface area contributed by atoms with Crippen molar-refractivity contribution in [2.24, 2.45) is 0 Å². The average Bonchev–Trinajstić information content (AvgIpc) is 2.79. The maximum absolute atomic E-state index is 11.9. The fourth-order valence-electron chi connectivity index (χ4n) is 4.65. The number of aliphatic hydroxyl groups is 1. The summed E-state index contributed by atoms with van der Waals surface area (Å²) in [6.07, 6.45) is 3.68. The first kappa shape index (κ1) is 18.4. The number of fused-ring (bicyclic) bond motifs is 4. The second-order valence-electron chi connectivity index (χ2n) is 7.98. The molecule has 1 aromatic heterocycles. The summed E-state index contributed by atoms with van der Waals surface area (Å²) in [5.74, 6) is 1.09. The Labute approximate surface area is 169 Å². The second kappa shape index (κ2) is 7.65. The zero-order valence-corrected chi connectivity index (χ0v) is 16.2. The van der Waals surface area contributed by atoms with Gasteiger partial charge in [-0.1, -0.05) is 24.3 Å². The third kappa shape index (κ3) is 3.56. The van der Waals surface area contributed by atoms with Crippen molar-refractivity contribution < 1.29 is 19.4 Å². The molecule has 1 amide bonds. The molecule has 3 saturated heterocycles. The topological polar surface area (TPSA) is 75.1 Å². The summed E-state index contributed by atoms with van der Waals surface area (Å²) in [6.45, 7) is 2.55. The summed E-state index contributed by atoms with van der Waals surface area (Å²) in [5, 5.41) is 9.18. The van der Waals surface area contributed by atoms with E-state index in [2.05, 4.69) is 34.1 Å². The molecule has 0 aliphatic carbocycles. The summed E-state index contributed by atoms with van der Waals surface area (Å²) in [7, 11) is 0. The summed E-state index contributed by atoms with van der Waals surface area (Å²) in [4.78, 5) is 20.5. The quantitative estimate of drug-likeness (QED) is 0.850. The van der Waals surface area contributed by atoms with Gasteiger partial charge >= 0.3 is 0 Å². The number of amides is 1. The van der Waals surface area contributed by atoms with Crippen LogP contribution in [-0.2, 0) is 11.3 Å². The molecule has 6 rings (SSSR count). The molecular weight excluding hydrogens is 370 g/mol. The molecule has 3 atom stereocenters. The number of benzene rings is 1. The Bertz CT molecular complexity index is 888. The van der Waals surface area contributed by atoms with Gasteiger partial charge in [0.2, 0.25) is 5.91 Å². The van der Waals surface area contributed by atoms with E-state index >= 15 is 0 Å². The summed E-state index contributed by atoms with van der Waals surface area (Å²) in [6, 6.07) is 12.8. The number of rotatable bonds is 4. The molecule has 2 bridgehead atoms. The lowest BCUT2D eigenvalue weighted by molar-refractivity contribution is -0.145. The van der Waals surface area contributed by atoms with Gasteiger partial charge in [-0.3, -0.25) is 9.69 Å². The number of aliphatic hydroxyl groups excluding tert-OH is 1. The summed E-state index contributed by atoms with van der Waals surface area (Å²) < 4.78 is 11.8. The van der Waals surface area contributed by atoms with E-state index < -0.39 is 6.61 Å². The van der Waals surface area contributed by atoms with Crippen LogP contribution in [-0.4, -0.2) is 64.2 Å². The lowest BCUT2D eigenvalue weighted by atomic mass is 9.90. The van der Waals surface area contributed by atoms with Gasteiger partial charge < -0.3 is 19.5 Å². The predicted octanol–water partition coefficient (Wildman–Crippen LogP) is 1.76. The molecule has 4 aliphatic heterocycles. The van der Waals surface area contributed by atoms with Crippen LogP contribution in [0, 0.1) is 0 Å². The lowest BCUT2D eigenvalue weighted by Crippen LogP contribution is -2.63. The largest absolute Gasteiger partial charge is 0.484 e. The van der Waals surface area contributed by atoms with Gasteiger partial charge in [0.25, 0.3) is 5.88 Å². The number of ether oxygens (including phenoxy) is 2. The van der Waals surface area contributed by atoms with Crippen molar-refractivity contribution in [3.8, 4) is 11.6 Å². The highest BCUT2D eigenvalue weighted by Gasteiger charge is 2.40. The smallest absolute Gasteiger partial charge is 0.257 e. The van der Waals surface area contributed by atoms with E-state index in [4.69, 9.17) is 9.47 Å². The van der Waals surface area contributed by atoms with Crippen LogP contribution in [0.4, 0.5) is 0 Å². The number of pyridine rings is 1. The summed E-state index contributed by atoms with van der Waals surface area (Å²) >= 11 is 0. The van der Waals surface area contributed by atoms with Crippen LogP contribution in [0.25, 0.3) is 0 Å². The highest BCUT2D eigenvalue weighted by molar-refractivity contribution is 5.77. The number of aromatic nitrogens is 1. The molecule has 29 heavy (non-hydrogen) atoms. The van der Waals surface area contributed by atoms with E-state index in [0.29, 0.717) is 24.3 Å². The molecule has 0 spiro atoms. The third-order valence-electron chi connectivity index (χ3n) is 6.22. The van der Waals surface area contributed by atoms with Gasteiger partial charge in [-0.25, -0.2) is 4.98 Å². The Morgan fingerprint density at radius 1 is 1.14 bits per heavy atom. The molecule has 2 aromatic rings.